The summed E-state index contributed by atoms with van der Waals surface area (Å²) in [5, 5.41) is 14.8. The average molecular weight is 231 g/mol. The molecule has 0 radical (unpaired) electrons. The first-order valence-electron chi connectivity index (χ1n) is 6.17. The van der Waals surface area contributed by atoms with Gasteiger partial charge in [0.15, 0.2) is 0 Å². The first-order chi connectivity index (χ1) is 8.36. The van der Waals surface area contributed by atoms with Crippen molar-refractivity contribution in [1.82, 2.24) is 15.3 Å². The van der Waals surface area contributed by atoms with Gasteiger partial charge in [-0.3, -0.25) is 4.98 Å². The second-order valence-corrected chi connectivity index (χ2v) is 4.69. The third kappa shape index (κ3) is 1.94. The van der Waals surface area contributed by atoms with Gasteiger partial charge in [-0.05, 0) is 31.5 Å². The Balaban J connectivity index is 1.94. The molecule has 3 heterocycles. The fraction of sp³-hybridized carbons (Fsp3) is 0.462. The minimum absolute atomic E-state index is 0.275. The Morgan fingerprint density at radius 3 is 3.18 bits per heavy atom. The lowest BCUT2D eigenvalue weighted by Crippen LogP contribution is -2.33. The number of rotatable bonds is 2. The second-order valence-electron chi connectivity index (χ2n) is 4.69. The highest BCUT2D eigenvalue weighted by Gasteiger charge is 2.25. The van der Waals surface area contributed by atoms with Crippen molar-refractivity contribution >= 4 is 10.9 Å². The van der Waals surface area contributed by atoms with E-state index in [1.165, 1.54) is 0 Å². The number of piperidine rings is 1. The predicted octanol–water partition coefficient (Wildman–Crippen LogP) is 1.60. The van der Waals surface area contributed by atoms with Crippen molar-refractivity contribution in [3.8, 4) is 0 Å². The van der Waals surface area contributed by atoms with Crippen molar-refractivity contribution in [3.63, 3.8) is 0 Å². The van der Waals surface area contributed by atoms with E-state index in [2.05, 4.69) is 15.3 Å². The van der Waals surface area contributed by atoms with Crippen molar-refractivity contribution < 1.29 is 5.11 Å². The van der Waals surface area contributed by atoms with Crippen LogP contribution in [-0.2, 0) is 0 Å². The number of hydrogen-bond acceptors (Lipinski definition) is 3. The van der Waals surface area contributed by atoms with Crippen LogP contribution in [0.25, 0.3) is 10.9 Å². The molecule has 4 heteroatoms. The monoisotopic (exact) mass is 231 g/mol. The van der Waals surface area contributed by atoms with E-state index in [0.717, 1.165) is 42.5 Å². The summed E-state index contributed by atoms with van der Waals surface area (Å²) in [5.74, 6) is 0.275. The van der Waals surface area contributed by atoms with Gasteiger partial charge in [0.2, 0.25) is 0 Å². The summed E-state index contributed by atoms with van der Waals surface area (Å²) in [6.07, 6.45) is 5.37. The first-order valence-corrected chi connectivity index (χ1v) is 6.17. The van der Waals surface area contributed by atoms with Crippen molar-refractivity contribution in [2.24, 2.45) is 5.92 Å². The molecule has 2 atom stereocenters. The van der Waals surface area contributed by atoms with E-state index >= 15 is 0 Å². The van der Waals surface area contributed by atoms with Crippen LogP contribution in [0.2, 0.25) is 0 Å². The maximum Gasteiger partial charge on any atom is 0.101 e. The third-order valence-corrected chi connectivity index (χ3v) is 3.57. The van der Waals surface area contributed by atoms with Gasteiger partial charge in [0, 0.05) is 35.8 Å². The smallest absolute Gasteiger partial charge is 0.101 e. The summed E-state index contributed by atoms with van der Waals surface area (Å²) >= 11 is 0. The second kappa shape index (κ2) is 4.47. The number of pyridine rings is 1. The molecule has 0 aromatic carbocycles. The van der Waals surface area contributed by atoms with Crippen LogP contribution in [0.3, 0.4) is 0 Å². The maximum absolute atomic E-state index is 10.4. The molecule has 1 aliphatic rings. The molecular weight excluding hydrogens is 214 g/mol. The van der Waals surface area contributed by atoms with E-state index in [4.69, 9.17) is 0 Å². The standard InChI is InChI=1S/C13H17N3O/c17-13(9-2-1-5-14-8-9)12-10-3-6-15-11(10)4-7-16-12/h3-4,6-7,9,13-15,17H,1-2,5,8H2. The van der Waals surface area contributed by atoms with Gasteiger partial charge in [0.1, 0.15) is 6.10 Å². The lowest BCUT2D eigenvalue weighted by Gasteiger charge is -2.27. The number of nitrogens with zero attached hydrogens (tertiary/aromatic N) is 1. The highest BCUT2D eigenvalue weighted by molar-refractivity contribution is 5.81. The van der Waals surface area contributed by atoms with E-state index in [-0.39, 0.29) is 5.92 Å². The zero-order valence-corrected chi connectivity index (χ0v) is 9.69. The Kier molecular flexibility index (Phi) is 2.82. The number of aliphatic hydroxyl groups is 1. The first kappa shape index (κ1) is 10.7. The van der Waals surface area contributed by atoms with Gasteiger partial charge < -0.3 is 15.4 Å². The van der Waals surface area contributed by atoms with E-state index in [9.17, 15) is 5.11 Å². The molecular formula is C13H17N3O. The summed E-state index contributed by atoms with van der Waals surface area (Å²) in [7, 11) is 0. The van der Waals surface area contributed by atoms with Crippen molar-refractivity contribution in [3.05, 3.63) is 30.2 Å². The fourth-order valence-electron chi connectivity index (χ4n) is 2.61. The van der Waals surface area contributed by atoms with E-state index in [1.807, 2.05) is 18.3 Å². The summed E-state index contributed by atoms with van der Waals surface area (Å²) in [5.41, 5.74) is 1.84. The minimum Gasteiger partial charge on any atom is -0.386 e. The molecule has 1 saturated heterocycles. The van der Waals surface area contributed by atoms with Crippen LogP contribution >= 0.6 is 0 Å². The van der Waals surface area contributed by atoms with Crippen LogP contribution in [0, 0.1) is 5.92 Å². The van der Waals surface area contributed by atoms with Gasteiger partial charge in [-0.25, -0.2) is 0 Å². The molecule has 3 N–H and O–H groups in total. The molecule has 90 valence electrons. The molecule has 2 aromatic rings. The van der Waals surface area contributed by atoms with E-state index in [0.29, 0.717) is 0 Å². The van der Waals surface area contributed by atoms with Gasteiger partial charge in [-0.2, -0.15) is 0 Å². The van der Waals surface area contributed by atoms with Crippen LogP contribution < -0.4 is 5.32 Å². The van der Waals surface area contributed by atoms with Crippen LogP contribution in [0.5, 0.6) is 0 Å². The lowest BCUT2D eigenvalue weighted by atomic mass is 9.91. The number of aromatic nitrogens is 2. The minimum atomic E-state index is -0.470. The Morgan fingerprint density at radius 1 is 1.41 bits per heavy atom. The molecule has 3 rings (SSSR count). The molecule has 2 aromatic heterocycles. The highest BCUT2D eigenvalue weighted by Crippen LogP contribution is 2.29. The van der Waals surface area contributed by atoms with Crippen molar-refractivity contribution in [2.75, 3.05) is 13.1 Å². The molecule has 2 unspecified atom stereocenters. The quantitative estimate of drug-likeness (QED) is 0.735. The normalized spacial score (nSPS) is 22.8. The zero-order chi connectivity index (χ0) is 11.7. The molecule has 1 aliphatic heterocycles. The van der Waals surface area contributed by atoms with Gasteiger partial charge in [0.25, 0.3) is 0 Å². The average Bonchev–Trinajstić information content (AvgIpc) is 2.87. The number of hydrogen-bond donors (Lipinski definition) is 3. The molecule has 0 amide bonds. The van der Waals surface area contributed by atoms with Crippen LogP contribution in [0.4, 0.5) is 0 Å². The SMILES string of the molecule is OC(c1nccc2[nH]ccc12)C1CCCNC1. The van der Waals surface area contributed by atoms with Gasteiger partial charge in [-0.1, -0.05) is 0 Å². The Hall–Kier alpha value is -1.39. The molecule has 0 aliphatic carbocycles. The Morgan fingerprint density at radius 2 is 2.35 bits per heavy atom. The molecule has 0 saturated carbocycles. The van der Waals surface area contributed by atoms with Gasteiger partial charge >= 0.3 is 0 Å². The summed E-state index contributed by atoms with van der Waals surface area (Å²) in [6, 6.07) is 3.92. The molecule has 1 fully saturated rings. The van der Waals surface area contributed by atoms with Gasteiger partial charge in [0.05, 0.1) is 5.69 Å². The van der Waals surface area contributed by atoms with Crippen LogP contribution in [0.15, 0.2) is 24.5 Å². The van der Waals surface area contributed by atoms with Gasteiger partial charge in [-0.15, -0.1) is 0 Å². The number of aromatic amines is 1. The molecule has 4 nitrogen and oxygen atoms in total. The number of fused-ring (bicyclic) bond motifs is 1. The Bertz CT molecular complexity index is 502. The summed E-state index contributed by atoms with van der Waals surface area (Å²) < 4.78 is 0. The number of H-pyrrole nitrogens is 1. The van der Waals surface area contributed by atoms with E-state index in [1.54, 1.807) is 6.20 Å². The molecule has 0 bridgehead atoms. The predicted molar refractivity (Wildman–Crippen MR) is 66.6 cm³/mol. The number of aliphatic hydroxyl groups excluding tert-OH is 1. The lowest BCUT2D eigenvalue weighted by molar-refractivity contribution is 0.0898. The molecule has 0 spiro atoms. The van der Waals surface area contributed by atoms with E-state index < -0.39 is 6.10 Å². The largest absolute Gasteiger partial charge is 0.386 e. The summed E-state index contributed by atoms with van der Waals surface area (Å²) in [4.78, 5) is 7.51. The zero-order valence-electron chi connectivity index (χ0n) is 9.69. The highest BCUT2D eigenvalue weighted by atomic mass is 16.3. The summed E-state index contributed by atoms with van der Waals surface area (Å²) in [6.45, 7) is 1.94. The van der Waals surface area contributed by atoms with Crippen LogP contribution in [0.1, 0.15) is 24.6 Å². The molecule has 17 heavy (non-hydrogen) atoms. The number of nitrogens with one attached hydrogen (secondary N) is 2. The van der Waals surface area contributed by atoms with Crippen molar-refractivity contribution in [1.29, 1.82) is 0 Å². The Labute approximate surface area is 100 Å². The van der Waals surface area contributed by atoms with Crippen LogP contribution in [-0.4, -0.2) is 28.2 Å². The van der Waals surface area contributed by atoms with Crippen molar-refractivity contribution in [2.45, 2.75) is 18.9 Å². The third-order valence-electron chi connectivity index (χ3n) is 3.57. The maximum atomic E-state index is 10.4. The fourth-order valence-corrected chi connectivity index (χ4v) is 2.61. The topological polar surface area (TPSA) is 60.9 Å².